The Bertz CT molecular complexity index is 319. The van der Waals surface area contributed by atoms with Gasteiger partial charge >= 0.3 is 0 Å². The molecule has 0 saturated carbocycles. The number of aliphatic hydroxyl groups is 1. The van der Waals surface area contributed by atoms with Gasteiger partial charge in [0.1, 0.15) is 0 Å². The van der Waals surface area contributed by atoms with Crippen LogP contribution in [0.15, 0.2) is 12.3 Å². The number of halogens is 1. The van der Waals surface area contributed by atoms with Crippen molar-refractivity contribution in [3.63, 3.8) is 0 Å². The number of aliphatic hydroxyl groups excluding tert-OH is 1. The predicted octanol–water partition coefficient (Wildman–Crippen LogP) is 1.09. The number of aromatic nitrogens is 1. The van der Waals surface area contributed by atoms with Crippen LogP contribution in [0, 0.1) is 0 Å². The van der Waals surface area contributed by atoms with E-state index in [0.717, 1.165) is 0 Å². The van der Waals surface area contributed by atoms with Crippen LogP contribution in [-0.4, -0.2) is 16.1 Å². The average molecular weight is 216 g/mol. The number of anilines is 1. The fourth-order valence-corrected chi connectivity index (χ4v) is 1.22. The molecule has 0 aromatic carbocycles. The van der Waals surface area contributed by atoms with Crippen molar-refractivity contribution < 1.29 is 5.11 Å². The number of nitrogen functional groups attached to an aromatic ring is 1. The molecule has 0 unspecified atom stereocenters. The Kier molecular flexibility index (Phi) is 3.69. The third-order valence-corrected chi connectivity index (χ3v) is 2.42. The Balaban J connectivity index is 2.91. The Morgan fingerprint density at radius 2 is 2.29 bits per heavy atom. The smallest absolute Gasteiger partial charge is 0.151 e. The van der Waals surface area contributed by atoms with E-state index in [1.807, 2.05) is 6.92 Å². The Morgan fingerprint density at radius 3 is 2.79 bits per heavy atom. The Labute approximate surface area is 87.9 Å². The molecule has 1 aromatic rings. The van der Waals surface area contributed by atoms with Crippen LogP contribution in [0.4, 0.5) is 5.69 Å². The van der Waals surface area contributed by atoms with Gasteiger partial charge in [-0.25, -0.2) is 4.98 Å². The molecule has 1 rings (SSSR count). The van der Waals surface area contributed by atoms with Crippen LogP contribution in [0.2, 0.25) is 5.15 Å². The van der Waals surface area contributed by atoms with Gasteiger partial charge in [-0.05, 0) is 12.5 Å². The van der Waals surface area contributed by atoms with E-state index in [0.29, 0.717) is 17.7 Å². The number of nitrogens with zero attached hydrogens (tertiary/aromatic N) is 1. The van der Waals surface area contributed by atoms with Crippen LogP contribution < -0.4 is 11.5 Å². The molecule has 0 radical (unpaired) electrons. The molecule has 5 heteroatoms. The van der Waals surface area contributed by atoms with E-state index in [9.17, 15) is 5.11 Å². The quantitative estimate of drug-likeness (QED) is 0.659. The SMILES string of the molecule is CC[C@@H](N)[C@@H](O)c1cnc(Cl)c(N)c1. The summed E-state index contributed by atoms with van der Waals surface area (Å²) in [4.78, 5) is 3.84. The summed E-state index contributed by atoms with van der Waals surface area (Å²) in [6, 6.07) is 1.28. The first-order valence-electron chi connectivity index (χ1n) is 4.40. The fourth-order valence-electron chi connectivity index (χ4n) is 1.11. The summed E-state index contributed by atoms with van der Waals surface area (Å²) in [7, 11) is 0. The van der Waals surface area contributed by atoms with E-state index in [-0.39, 0.29) is 11.2 Å². The van der Waals surface area contributed by atoms with Gasteiger partial charge in [-0.2, -0.15) is 0 Å². The summed E-state index contributed by atoms with van der Waals surface area (Å²) in [6.07, 6.45) is 1.43. The minimum absolute atomic E-state index is 0.242. The summed E-state index contributed by atoms with van der Waals surface area (Å²) in [6.45, 7) is 1.90. The first-order valence-corrected chi connectivity index (χ1v) is 4.78. The average Bonchev–Trinajstić information content (AvgIpc) is 2.20. The second kappa shape index (κ2) is 4.59. The summed E-state index contributed by atoms with van der Waals surface area (Å²) >= 11 is 5.65. The van der Waals surface area contributed by atoms with Crippen molar-refractivity contribution in [2.75, 3.05) is 5.73 Å². The van der Waals surface area contributed by atoms with Crippen molar-refractivity contribution >= 4 is 17.3 Å². The lowest BCUT2D eigenvalue weighted by Gasteiger charge is -2.17. The fraction of sp³-hybridized carbons (Fsp3) is 0.444. The van der Waals surface area contributed by atoms with E-state index in [4.69, 9.17) is 23.1 Å². The minimum atomic E-state index is -0.743. The van der Waals surface area contributed by atoms with Gasteiger partial charge in [-0.1, -0.05) is 18.5 Å². The molecule has 0 aliphatic carbocycles. The molecule has 0 amide bonds. The molecule has 0 aliphatic rings. The molecule has 14 heavy (non-hydrogen) atoms. The third kappa shape index (κ3) is 2.35. The second-order valence-electron chi connectivity index (χ2n) is 3.17. The standard InChI is InChI=1S/C9H14ClN3O/c1-2-6(11)8(14)5-3-7(12)9(10)13-4-5/h3-4,6,8,14H,2,11-12H2,1H3/t6-,8+/m1/s1. The van der Waals surface area contributed by atoms with Crippen molar-refractivity contribution in [3.8, 4) is 0 Å². The van der Waals surface area contributed by atoms with Gasteiger partial charge < -0.3 is 16.6 Å². The molecule has 0 spiro atoms. The monoisotopic (exact) mass is 215 g/mol. The molecular formula is C9H14ClN3O. The maximum absolute atomic E-state index is 9.74. The molecule has 0 saturated heterocycles. The van der Waals surface area contributed by atoms with E-state index in [2.05, 4.69) is 4.98 Å². The van der Waals surface area contributed by atoms with Gasteiger partial charge in [0.25, 0.3) is 0 Å². The van der Waals surface area contributed by atoms with Crippen LogP contribution >= 0.6 is 11.6 Å². The van der Waals surface area contributed by atoms with Gasteiger partial charge in [-0.3, -0.25) is 0 Å². The minimum Gasteiger partial charge on any atom is -0.396 e. The van der Waals surface area contributed by atoms with Crippen LogP contribution in [-0.2, 0) is 0 Å². The molecule has 0 aliphatic heterocycles. The molecule has 0 bridgehead atoms. The number of hydrogen-bond donors (Lipinski definition) is 3. The zero-order chi connectivity index (χ0) is 10.7. The molecule has 78 valence electrons. The van der Waals surface area contributed by atoms with Gasteiger partial charge in [0.15, 0.2) is 5.15 Å². The van der Waals surface area contributed by atoms with E-state index in [1.165, 1.54) is 6.20 Å². The van der Waals surface area contributed by atoms with E-state index < -0.39 is 6.10 Å². The number of hydrogen-bond acceptors (Lipinski definition) is 4. The van der Waals surface area contributed by atoms with Crippen molar-refractivity contribution in [1.29, 1.82) is 0 Å². The van der Waals surface area contributed by atoms with Crippen LogP contribution in [0.5, 0.6) is 0 Å². The lowest BCUT2D eigenvalue weighted by molar-refractivity contribution is 0.144. The highest BCUT2D eigenvalue weighted by atomic mass is 35.5. The topological polar surface area (TPSA) is 85.2 Å². The molecule has 0 fully saturated rings. The Hall–Kier alpha value is -0.840. The van der Waals surface area contributed by atoms with Crippen molar-refractivity contribution in [1.82, 2.24) is 4.98 Å². The molecule has 4 nitrogen and oxygen atoms in total. The first kappa shape index (κ1) is 11.2. The highest BCUT2D eigenvalue weighted by Gasteiger charge is 2.16. The maximum atomic E-state index is 9.74. The highest BCUT2D eigenvalue weighted by molar-refractivity contribution is 6.31. The summed E-state index contributed by atoms with van der Waals surface area (Å²) in [5.41, 5.74) is 12.2. The van der Waals surface area contributed by atoms with Crippen LogP contribution in [0.1, 0.15) is 25.0 Å². The second-order valence-corrected chi connectivity index (χ2v) is 3.52. The number of nitrogens with two attached hydrogens (primary N) is 2. The third-order valence-electron chi connectivity index (χ3n) is 2.11. The van der Waals surface area contributed by atoms with Crippen molar-refractivity contribution in [2.24, 2.45) is 5.73 Å². The maximum Gasteiger partial charge on any atom is 0.151 e. The summed E-state index contributed by atoms with van der Waals surface area (Å²) in [5, 5.41) is 9.98. The van der Waals surface area contributed by atoms with Crippen molar-refractivity contribution in [3.05, 3.63) is 23.0 Å². The summed E-state index contributed by atoms with van der Waals surface area (Å²) < 4.78 is 0. The van der Waals surface area contributed by atoms with Crippen molar-refractivity contribution in [2.45, 2.75) is 25.5 Å². The molecule has 1 heterocycles. The first-order chi connectivity index (χ1) is 6.56. The zero-order valence-corrected chi connectivity index (χ0v) is 8.70. The predicted molar refractivity (Wildman–Crippen MR) is 56.9 cm³/mol. The normalized spacial score (nSPS) is 15.1. The Morgan fingerprint density at radius 1 is 1.64 bits per heavy atom. The lowest BCUT2D eigenvalue weighted by Crippen LogP contribution is -2.27. The molecule has 1 aromatic heterocycles. The van der Waals surface area contributed by atoms with E-state index >= 15 is 0 Å². The molecule has 2 atom stereocenters. The molecular weight excluding hydrogens is 202 g/mol. The zero-order valence-electron chi connectivity index (χ0n) is 7.94. The highest BCUT2D eigenvalue weighted by Crippen LogP contribution is 2.22. The number of rotatable bonds is 3. The molecule has 5 N–H and O–H groups in total. The number of pyridine rings is 1. The van der Waals surface area contributed by atoms with Gasteiger partial charge in [-0.15, -0.1) is 0 Å². The van der Waals surface area contributed by atoms with E-state index in [1.54, 1.807) is 6.07 Å². The van der Waals surface area contributed by atoms with Crippen LogP contribution in [0.3, 0.4) is 0 Å². The van der Waals surface area contributed by atoms with Gasteiger partial charge in [0.05, 0.1) is 11.8 Å². The lowest BCUT2D eigenvalue weighted by atomic mass is 10.0. The largest absolute Gasteiger partial charge is 0.396 e. The van der Waals surface area contributed by atoms with Crippen LogP contribution in [0.25, 0.3) is 0 Å². The summed E-state index contributed by atoms with van der Waals surface area (Å²) in [5.74, 6) is 0. The van der Waals surface area contributed by atoms with Gasteiger partial charge in [0, 0.05) is 17.8 Å². The van der Waals surface area contributed by atoms with Gasteiger partial charge in [0.2, 0.25) is 0 Å².